The highest BCUT2D eigenvalue weighted by molar-refractivity contribution is 7.90. The SMILES string of the molecule is CC(O)C1NC(=O)C(NC(=O)c2ccc(-c3nnc(-c4ccc(N5CCC(c6ccccc6)CC5)cc4)s3)cc2)CC(O)CNC(=O)C2C(O)C(C)CN2C(=O)C(C(O)CC(N)=O)NC(=O)C(C(O)Cc2ccc(O)c(OSOOO)c2)NC(=O)C2CC(O)CN2C1=O. The number of primary amides is 1. The fourth-order valence-electron chi connectivity index (χ4n) is 11.9. The van der Waals surface area contributed by atoms with Crippen LogP contribution in [0, 0.1) is 5.92 Å². The molecular formula is C61H73N11O19S2. The molecule has 0 spiro atoms. The highest BCUT2D eigenvalue weighted by Crippen LogP contribution is 2.35. The molecule has 32 heteroatoms. The van der Waals surface area contributed by atoms with Crippen LogP contribution < -0.4 is 41.4 Å². The largest absolute Gasteiger partial charge is 0.504 e. The van der Waals surface area contributed by atoms with E-state index in [0.717, 1.165) is 66.0 Å². The number of aliphatic hydroxyl groups excluding tert-OH is 6. The molecule has 0 aliphatic carbocycles. The Balaban J connectivity index is 0.965. The quantitative estimate of drug-likeness (QED) is 0.0233. The number of hydrogen-bond donors (Lipinski definition) is 14. The van der Waals surface area contributed by atoms with Crippen molar-refractivity contribution >= 4 is 76.6 Å². The highest BCUT2D eigenvalue weighted by atomic mass is 32.2. The van der Waals surface area contributed by atoms with E-state index >= 15 is 0 Å². The van der Waals surface area contributed by atoms with Crippen LogP contribution in [-0.2, 0) is 49.4 Å². The number of hydrogen-bond acceptors (Lipinski definition) is 24. The molecule has 93 heavy (non-hydrogen) atoms. The van der Waals surface area contributed by atoms with Gasteiger partial charge < -0.3 is 86.9 Å². The minimum absolute atomic E-state index is 0.0125. The fourth-order valence-corrected chi connectivity index (χ4v) is 13.0. The topological polar surface area (TPSA) is 448 Å². The van der Waals surface area contributed by atoms with E-state index < -0.39 is 177 Å². The van der Waals surface area contributed by atoms with Gasteiger partial charge in [0, 0.05) is 80.3 Å². The second kappa shape index (κ2) is 31.0. The van der Waals surface area contributed by atoms with Crippen LogP contribution in [0.4, 0.5) is 5.69 Å². The standard InChI is InChI=1S/C61H73N11O19S2/c1-30-28-72-51(52(30)80)57(85)63-27-39(74)24-41(64-53(81)35-9-11-36(12-10-35)58-68-69-59(92-58)37-13-15-38(16-14-37)70-20-18-34(19-21-70)33-6-4-3-5-7-33)54(82)65-48(31(2)73)60(86)71-29-40(75)25-42(71)55(83)66-49(56(84)67-50(61(72)87)45(78)26-47(62)79)44(77)22-32-8-17-43(76)46(23-32)89-93-91-90-88/h3-17,23,30-31,34,39-42,44-45,48-52,73-78,80,88H,18-22,24-29H2,1-2H3,(H2,62,79)(H,63,85)(H,64,81)(H,65,82)(H,66,83)(H,67,84). The second-order valence-electron chi connectivity index (χ2n) is 23.5. The first-order valence-electron chi connectivity index (χ1n) is 29.9. The molecule has 13 unspecified atom stereocenters. The summed E-state index contributed by atoms with van der Waals surface area (Å²) >= 11 is 1.38. The summed E-state index contributed by atoms with van der Waals surface area (Å²) in [6.45, 7) is 2.73. The van der Waals surface area contributed by atoms with Crippen LogP contribution in [-0.4, -0.2) is 214 Å². The summed E-state index contributed by atoms with van der Waals surface area (Å²) in [6, 6.07) is 16.6. The van der Waals surface area contributed by atoms with Gasteiger partial charge in [-0.2, -0.15) is 0 Å². The maximum atomic E-state index is 14.7. The Morgan fingerprint density at radius 2 is 1.39 bits per heavy atom. The molecular weight excluding hydrogens is 1250 g/mol. The van der Waals surface area contributed by atoms with Gasteiger partial charge in [0.2, 0.25) is 41.4 Å². The third kappa shape index (κ3) is 16.9. The van der Waals surface area contributed by atoms with Crippen LogP contribution in [0.25, 0.3) is 21.1 Å². The molecule has 30 nitrogen and oxygen atoms in total. The molecule has 4 aliphatic rings. The van der Waals surface area contributed by atoms with Crippen LogP contribution >= 0.6 is 23.7 Å². The van der Waals surface area contributed by atoms with Crippen molar-refractivity contribution in [2.75, 3.05) is 37.6 Å². The van der Waals surface area contributed by atoms with Gasteiger partial charge in [-0.25, -0.2) is 5.26 Å². The number of aromatic nitrogens is 2. The Morgan fingerprint density at radius 1 is 0.753 bits per heavy atom. The van der Waals surface area contributed by atoms with Crippen molar-refractivity contribution in [1.82, 2.24) is 46.6 Å². The van der Waals surface area contributed by atoms with Crippen LogP contribution in [0.5, 0.6) is 11.5 Å². The molecule has 498 valence electrons. The predicted molar refractivity (Wildman–Crippen MR) is 331 cm³/mol. The third-order valence-corrected chi connectivity index (χ3v) is 18.3. The van der Waals surface area contributed by atoms with Crippen molar-refractivity contribution in [3.8, 4) is 32.6 Å². The number of piperidine rings is 1. The second-order valence-corrected chi connectivity index (χ2v) is 24.9. The minimum Gasteiger partial charge on any atom is -0.504 e. The number of carbonyl (C=O) groups excluding carboxylic acids is 8. The molecule has 5 heterocycles. The van der Waals surface area contributed by atoms with Crippen molar-refractivity contribution in [2.24, 2.45) is 11.7 Å². The average Bonchev–Trinajstić information content (AvgIpc) is 1.74. The van der Waals surface area contributed by atoms with Gasteiger partial charge in [0.15, 0.2) is 11.5 Å². The molecule has 4 fully saturated rings. The van der Waals surface area contributed by atoms with E-state index in [9.17, 15) is 74.1 Å². The van der Waals surface area contributed by atoms with Crippen LogP contribution in [0.2, 0.25) is 0 Å². The van der Waals surface area contributed by atoms with Crippen LogP contribution in [0.15, 0.2) is 97.1 Å². The van der Waals surface area contributed by atoms with E-state index in [-0.39, 0.29) is 29.2 Å². The van der Waals surface area contributed by atoms with Gasteiger partial charge in [-0.15, -0.1) is 10.2 Å². The number of nitrogens with two attached hydrogens (primary N) is 1. The maximum absolute atomic E-state index is 14.7. The van der Waals surface area contributed by atoms with E-state index in [0.29, 0.717) is 21.5 Å². The van der Waals surface area contributed by atoms with Crippen LogP contribution in [0.3, 0.4) is 0 Å². The van der Waals surface area contributed by atoms with Crippen molar-refractivity contribution in [2.45, 2.75) is 131 Å². The van der Waals surface area contributed by atoms with Gasteiger partial charge in [-0.1, -0.05) is 76.2 Å². The van der Waals surface area contributed by atoms with Gasteiger partial charge in [0.1, 0.15) is 46.3 Å². The summed E-state index contributed by atoms with van der Waals surface area (Å²) in [7, 11) is 0. The highest BCUT2D eigenvalue weighted by Gasteiger charge is 2.50. The number of amides is 8. The summed E-state index contributed by atoms with van der Waals surface area (Å²) in [5.74, 6) is -10.6. The van der Waals surface area contributed by atoms with Crippen molar-refractivity contribution < 1.29 is 92.9 Å². The molecule has 4 aromatic carbocycles. The number of carbonyl (C=O) groups is 8. The van der Waals surface area contributed by atoms with E-state index in [1.165, 1.54) is 42.0 Å². The molecule has 0 saturated carbocycles. The molecule has 4 aliphatic heterocycles. The zero-order valence-electron chi connectivity index (χ0n) is 50.3. The zero-order chi connectivity index (χ0) is 66.8. The number of benzene rings is 4. The lowest BCUT2D eigenvalue weighted by Crippen LogP contribution is -2.64. The Kier molecular flexibility index (Phi) is 23.0. The third-order valence-electron chi connectivity index (χ3n) is 16.9. The lowest BCUT2D eigenvalue weighted by atomic mass is 9.89. The number of aliphatic hydroxyl groups is 6. The lowest BCUT2D eigenvalue weighted by molar-refractivity contribution is -0.433. The van der Waals surface area contributed by atoms with Crippen molar-refractivity contribution in [3.05, 3.63) is 114 Å². The molecule has 13 atom stereocenters. The number of rotatable bonds is 17. The molecule has 4 saturated heterocycles. The summed E-state index contributed by atoms with van der Waals surface area (Å²) in [5, 5.41) is 113. The summed E-state index contributed by atoms with van der Waals surface area (Å²) in [6.07, 6.45) is -11.5. The normalized spacial score (nSPS) is 25.7. The number of nitrogens with one attached hydrogen (secondary N) is 5. The number of aromatic hydroxyl groups is 1. The van der Waals surface area contributed by atoms with E-state index in [2.05, 4.69) is 87.5 Å². The molecule has 15 N–H and O–H groups in total. The van der Waals surface area contributed by atoms with Crippen LogP contribution in [0.1, 0.15) is 73.4 Å². The first-order chi connectivity index (χ1) is 44.5. The van der Waals surface area contributed by atoms with Crippen molar-refractivity contribution in [1.29, 1.82) is 0 Å². The number of fused-ring (bicyclic) bond motifs is 2. The predicted octanol–water partition coefficient (Wildman–Crippen LogP) is -0.851. The monoisotopic (exact) mass is 1330 g/mol. The average molecular weight is 1330 g/mol. The Labute approximate surface area is 540 Å². The molecule has 8 amide bonds. The van der Waals surface area contributed by atoms with E-state index in [4.69, 9.17) is 15.2 Å². The number of anilines is 1. The molecule has 0 radical (unpaired) electrons. The molecule has 9 rings (SSSR count). The first-order valence-corrected chi connectivity index (χ1v) is 31.4. The molecule has 5 aromatic rings. The number of phenolic OH excluding ortho intramolecular Hbond substituents is 1. The van der Waals surface area contributed by atoms with Gasteiger partial charge in [-0.3, -0.25) is 38.4 Å². The summed E-state index contributed by atoms with van der Waals surface area (Å²) < 4.78 is 9.31. The van der Waals surface area contributed by atoms with Gasteiger partial charge >= 0.3 is 0 Å². The number of β-amino-alcohol motifs (C(OH)–C–C–N with tert-alkyl or cyclic N) is 1. The molecule has 0 bridgehead atoms. The van der Waals surface area contributed by atoms with Gasteiger partial charge in [-0.05, 0) is 85.3 Å². The maximum Gasteiger partial charge on any atom is 0.261 e. The zero-order valence-corrected chi connectivity index (χ0v) is 51.9. The Hall–Kier alpha value is -8.41. The smallest absolute Gasteiger partial charge is 0.261 e. The lowest BCUT2D eigenvalue weighted by Gasteiger charge is -2.34. The van der Waals surface area contributed by atoms with Gasteiger partial charge in [0.25, 0.3) is 18.2 Å². The Bertz CT molecular complexity index is 3470. The van der Waals surface area contributed by atoms with Crippen molar-refractivity contribution in [3.63, 3.8) is 0 Å². The number of nitrogens with zero attached hydrogens (tertiary/aromatic N) is 5. The van der Waals surface area contributed by atoms with Gasteiger partial charge in [0.05, 0.1) is 43.0 Å². The number of phenols is 1. The summed E-state index contributed by atoms with van der Waals surface area (Å²) in [5.41, 5.74) is 9.43. The minimum atomic E-state index is -2.22. The Morgan fingerprint density at radius 3 is 2.03 bits per heavy atom. The fraction of sp³-hybridized carbons (Fsp3) is 0.443. The summed E-state index contributed by atoms with van der Waals surface area (Å²) in [4.78, 5) is 118. The van der Waals surface area contributed by atoms with E-state index in [1.54, 1.807) is 12.1 Å². The van der Waals surface area contributed by atoms with E-state index in [1.807, 2.05) is 18.2 Å². The molecule has 1 aromatic heterocycles. The first kappa shape index (κ1) is 68.9.